The predicted molar refractivity (Wildman–Crippen MR) is 104 cm³/mol. The number of hydrogen-bond acceptors (Lipinski definition) is 4. The van der Waals surface area contributed by atoms with Crippen LogP contribution in [0.15, 0.2) is 24.3 Å². The van der Waals surface area contributed by atoms with Gasteiger partial charge in [-0.15, -0.1) is 0 Å². The maximum atomic E-state index is 12.7. The number of rotatable bonds is 5. The van der Waals surface area contributed by atoms with E-state index in [-0.39, 0.29) is 24.9 Å². The summed E-state index contributed by atoms with van der Waals surface area (Å²) in [5.41, 5.74) is 0.871. The second-order valence-corrected chi connectivity index (χ2v) is 7.63. The molecule has 8 heteroatoms. The van der Waals surface area contributed by atoms with Crippen LogP contribution in [0.25, 0.3) is 0 Å². The van der Waals surface area contributed by atoms with Crippen molar-refractivity contribution in [3.05, 3.63) is 29.8 Å². The van der Waals surface area contributed by atoms with Crippen LogP contribution in [-0.2, 0) is 14.4 Å². The highest BCUT2D eigenvalue weighted by Gasteiger charge is 2.51. The molecule has 150 valence electrons. The van der Waals surface area contributed by atoms with Gasteiger partial charge in [0.05, 0.1) is 6.54 Å². The summed E-state index contributed by atoms with van der Waals surface area (Å²) in [6.07, 6.45) is 4.02. The summed E-state index contributed by atoms with van der Waals surface area (Å²) in [5, 5.41) is 5.50. The van der Waals surface area contributed by atoms with Crippen LogP contribution in [0.3, 0.4) is 0 Å². The number of benzene rings is 1. The van der Waals surface area contributed by atoms with E-state index in [0.29, 0.717) is 18.5 Å². The van der Waals surface area contributed by atoms with Crippen LogP contribution in [-0.4, -0.2) is 59.2 Å². The fourth-order valence-electron chi connectivity index (χ4n) is 3.71. The monoisotopic (exact) mass is 386 g/mol. The van der Waals surface area contributed by atoms with Gasteiger partial charge in [-0.25, -0.2) is 4.79 Å². The minimum absolute atomic E-state index is 0.165. The summed E-state index contributed by atoms with van der Waals surface area (Å²) in [7, 11) is 1.48. The molecular formula is C20H26N4O4. The van der Waals surface area contributed by atoms with E-state index in [1.807, 2.05) is 19.1 Å². The first-order valence-corrected chi connectivity index (χ1v) is 9.55. The third-order valence-corrected chi connectivity index (χ3v) is 5.39. The fraction of sp³-hybridized carbons (Fsp3) is 0.500. The number of nitrogens with zero attached hydrogens (tertiary/aromatic N) is 2. The Kier molecular flexibility index (Phi) is 5.67. The summed E-state index contributed by atoms with van der Waals surface area (Å²) in [6.45, 7) is 1.42. The van der Waals surface area contributed by atoms with Crippen LogP contribution in [0.2, 0.25) is 0 Å². The topological polar surface area (TPSA) is 98.8 Å². The Bertz CT molecular complexity index is 784. The highest BCUT2D eigenvalue weighted by molar-refractivity contribution is 6.09. The molecule has 0 atom stereocenters. The van der Waals surface area contributed by atoms with Crippen LogP contribution in [0.1, 0.15) is 37.7 Å². The number of anilines is 1. The van der Waals surface area contributed by atoms with Crippen molar-refractivity contribution in [1.29, 1.82) is 0 Å². The smallest absolute Gasteiger partial charge is 0.325 e. The summed E-state index contributed by atoms with van der Waals surface area (Å²) in [5.74, 6) is -1.14. The third-order valence-electron chi connectivity index (χ3n) is 5.39. The number of urea groups is 1. The lowest BCUT2D eigenvalue weighted by molar-refractivity contribution is -0.139. The molecule has 1 saturated heterocycles. The normalized spacial score (nSPS) is 18.1. The molecule has 0 radical (unpaired) electrons. The summed E-state index contributed by atoms with van der Waals surface area (Å²) in [6, 6.07) is 6.79. The van der Waals surface area contributed by atoms with Crippen LogP contribution < -0.4 is 10.6 Å². The van der Waals surface area contributed by atoms with Gasteiger partial charge in [0.1, 0.15) is 12.1 Å². The van der Waals surface area contributed by atoms with Crippen molar-refractivity contribution >= 4 is 29.4 Å². The molecule has 1 aromatic carbocycles. The van der Waals surface area contributed by atoms with Gasteiger partial charge in [0, 0.05) is 12.7 Å². The first-order valence-electron chi connectivity index (χ1n) is 9.55. The second-order valence-electron chi connectivity index (χ2n) is 7.63. The van der Waals surface area contributed by atoms with Crippen LogP contribution >= 0.6 is 0 Å². The van der Waals surface area contributed by atoms with E-state index in [1.165, 1.54) is 11.9 Å². The van der Waals surface area contributed by atoms with Gasteiger partial charge in [-0.2, -0.15) is 0 Å². The van der Waals surface area contributed by atoms with Crippen molar-refractivity contribution in [1.82, 2.24) is 15.1 Å². The number of carbonyl (C=O) groups is 4. The molecule has 8 nitrogen and oxygen atoms in total. The van der Waals surface area contributed by atoms with Crippen LogP contribution in [0, 0.1) is 6.92 Å². The maximum Gasteiger partial charge on any atom is 0.325 e. The molecule has 0 unspecified atom stereocenters. The lowest BCUT2D eigenvalue weighted by Crippen LogP contribution is -2.49. The van der Waals surface area contributed by atoms with Gasteiger partial charge in [-0.3, -0.25) is 19.3 Å². The summed E-state index contributed by atoms with van der Waals surface area (Å²) >= 11 is 0. The SMILES string of the molecule is Cc1ccc(NC(=O)CN(C)C(=O)CN2C(=O)NC3(CCCCC3)C2=O)cc1. The number of aryl methyl sites for hydroxylation is 1. The molecule has 2 aliphatic rings. The quantitative estimate of drug-likeness (QED) is 0.752. The molecule has 1 spiro atoms. The number of carbonyl (C=O) groups excluding carboxylic acids is 4. The van der Waals surface area contributed by atoms with E-state index in [4.69, 9.17) is 0 Å². The average molecular weight is 386 g/mol. The molecule has 2 fully saturated rings. The molecule has 5 amide bonds. The van der Waals surface area contributed by atoms with E-state index in [1.54, 1.807) is 12.1 Å². The molecule has 1 aliphatic carbocycles. The molecule has 2 N–H and O–H groups in total. The number of imide groups is 1. The Labute approximate surface area is 164 Å². The zero-order chi connectivity index (χ0) is 20.3. The number of amides is 5. The Morgan fingerprint density at radius 3 is 2.43 bits per heavy atom. The van der Waals surface area contributed by atoms with E-state index < -0.39 is 17.5 Å². The Morgan fingerprint density at radius 1 is 1.14 bits per heavy atom. The highest BCUT2D eigenvalue weighted by atomic mass is 16.2. The van der Waals surface area contributed by atoms with E-state index in [2.05, 4.69) is 10.6 Å². The minimum atomic E-state index is -0.850. The van der Waals surface area contributed by atoms with Crippen LogP contribution in [0.4, 0.5) is 10.5 Å². The first kappa shape index (κ1) is 19.9. The largest absolute Gasteiger partial charge is 0.335 e. The number of hydrogen-bond donors (Lipinski definition) is 2. The molecule has 0 bridgehead atoms. The van der Waals surface area contributed by atoms with E-state index in [9.17, 15) is 19.2 Å². The fourth-order valence-corrected chi connectivity index (χ4v) is 3.71. The lowest BCUT2D eigenvalue weighted by Gasteiger charge is -2.30. The van der Waals surface area contributed by atoms with Gasteiger partial charge in [0.25, 0.3) is 5.91 Å². The van der Waals surface area contributed by atoms with E-state index >= 15 is 0 Å². The lowest BCUT2D eigenvalue weighted by atomic mass is 9.82. The zero-order valence-corrected chi connectivity index (χ0v) is 16.3. The standard InChI is InChI=1S/C20H26N4O4/c1-14-6-8-15(9-7-14)21-16(25)12-23(2)17(26)13-24-18(27)20(22-19(24)28)10-4-3-5-11-20/h6-9H,3-5,10-13H2,1-2H3,(H,21,25)(H,22,28). The summed E-state index contributed by atoms with van der Waals surface area (Å²) in [4.78, 5) is 51.8. The number of likely N-dealkylation sites (N-methyl/N-ethyl adjacent to an activating group) is 1. The molecule has 28 heavy (non-hydrogen) atoms. The van der Waals surface area contributed by atoms with Crippen molar-refractivity contribution in [3.8, 4) is 0 Å². The number of nitrogens with one attached hydrogen (secondary N) is 2. The Morgan fingerprint density at radius 2 is 1.79 bits per heavy atom. The highest BCUT2D eigenvalue weighted by Crippen LogP contribution is 2.33. The van der Waals surface area contributed by atoms with Crippen molar-refractivity contribution < 1.29 is 19.2 Å². The van der Waals surface area contributed by atoms with Gasteiger partial charge >= 0.3 is 6.03 Å². The maximum absolute atomic E-state index is 12.7. The average Bonchev–Trinajstić information content (AvgIpc) is 2.88. The molecular weight excluding hydrogens is 360 g/mol. The van der Waals surface area contributed by atoms with Gasteiger partial charge in [-0.1, -0.05) is 37.0 Å². The van der Waals surface area contributed by atoms with Crippen molar-refractivity contribution in [2.45, 2.75) is 44.6 Å². The van der Waals surface area contributed by atoms with Crippen LogP contribution in [0.5, 0.6) is 0 Å². The molecule has 1 heterocycles. The second kappa shape index (κ2) is 8.00. The zero-order valence-electron chi connectivity index (χ0n) is 16.3. The van der Waals surface area contributed by atoms with Crippen molar-refractivity contribution in [3.63, 3.8) is 0 Å². The van der Waals surface area contributed by atoms with Gasteiger partial charge in [0.15, 0.2) is 0 Å². The molecule has 1 aromatic rings. The summed E-state index contributed by atoms with van der Waals surface area (Å²) < 4.78 is 0. The Hall–Kier alpha value is -2.90. The van der Waals surface area contributed by atoms with Gasteiger partial charge in [-0.05, 0) is 31.9 Å². The third kappa shape index (κ3) is 4.16. The molecule has 3 rings (SSSR count). The van der Waals surface area contributed by atoms with Crippen molar-refractivity contribution in [2.24, 2.45) is 0 Å². The molecule has 1 aliphatic heterocycles. The minimum Gasteiger partial charge on any atom is -0.335 e. The van der Waals surface area contributed by atoms with Gasteiger partial charge < -0.3 is 15.5 Å². The first-order chi connectivity index (χ1) is 13.3. The van der Waals surface area contributed by atoms with Gasteiger partial charge in [0.2, 0.25) is 11.8 Å². The Balaban J connectivity index is 1.55. The van der Waals surface area contributed by atoms with Crippen molar-refractivity contribution in [2.75, 3.05) is 25.5 Å². The predicted octanol–water partition coefficient (Wildman–Crippen LogP) is 1.65. The van der Waals surface area contributed by atoms with E-state index in [0.717, 1.165) is 29.7 Å². The molecule has 0 aromatic heterocycles. The molecule has 1 saturated carbocycles.